The molecule has 0 aliphatic carbocycles. The molecule has 1 atom stereocenters. The van der Waals surface area contributed by atoms with Crippen molar-refractivity contribution in [3.63, 3.8) is 0 Å². The third kappa shape index (κ3) is 2.89. The van der Waals surface area contributed by atoms with Gasteiger partial charge in [-0.25, -0.2) is 9.59 Å². The molecule has 8 heteroatoms. The van der Waals surface area contributed by atoms with Gasteiger partial charge in [0.25, 0.3) is 5.91 Å². The fourth-order valence-electron chi connectivity index (χ4n) is 2.50. The van der Waals surface area contributed by atoms with Crippen LogP contribution in [0.5, 0.6) is 0 Å². The molecule has 0 aromatic rings. The largest absolute Gasteiger partial charge is 0.480 e. The quantitative estimate of drug-likeness (QED) is 0.672. The van der Waals surface area contributed by atoms with Crippen molar-refractivity contribution in [3.05, 3.63) is 0 Å². The highest BCUT2D eigenvalue weighted by Crippen LogP contribution is 2.17. The summed E-state index contributed by atoms with van der Waals surface area (Å²) in [7, 11) is 0. The van der Waals surface area contributed by atoms with Crippen molar-refractivity contribution >= 4 is 23.8 Å². The fraction of sp³-hybridized carbons (Fsp3) is 0.667. The van der Waals surface area contributed by atoms with Gasteiger partial charge in [0.15, 0.2) is 0 Å². The summed E-state index contributed by atoms with van der Waals surface area (Å²) >= 11 is 0. The molecule has 2 aliphatic rings. The van der Waals surface area contributed by atoms with E-state index in [1.165, 1.54) is 4.90 Å². The second-order valence-electron chi connectivity index (χ2n) is 4.93. The van der Waals surface area contributed by atoms with E-state index >= 15 is 0 Å². The van der Waals surface area contributed by atoms with Gasteiger partial charge in [-0.05, 0) is 12.8 Å². The van der Waals surface area contributed by atoms with Gasteiger partial charge in [-0.2, -0.15) is 0 Å². The van der Waals surface area contributed by atoms with Crippen LogP contribution in [0.3, 0.4) is 0 Å². The summed E-state index contributed by atoms with van der Waals surface area (Å²) in [6.45, 7) is -0.164. The maximum absolute atomic E-state index is 12.2. The summed E-state index contributed by atoms with van der Waals surface area (Å²) < 4.78 is 0. The number of amides is 4. The normalized spacial score (nSPS) is 23.5. The van der Waals surface area contributed by atoms with Crippen molar-refractivity contribution in [1.29, 1.82) is 0 Å². The molecule has 4 amide bonds. The van der Waals surface area contributed by atoms with Gasteiger partial charge in [0.1, 0.15) is 12.6 Å². The van der Waals surface area contributed by atoms with Gasteiger partial charge < -0.3 is 15.3 Å². The molecule has 2 saturated heterocycles. The highest BCUT2D eigenvalue weighted by Gasteiger charge is 2.35. The standard InChI is InChI=1S/C12H17N3O5/c16-9-6-13-12(20)15(9)7-10(17)14-5-3-1-2-4-8(14)11(18)19/h8H,1-7H2,(H,13,20)(H,18,19). The Morgan fingerprint density at radius 3 is 2.60 bits per heavy atom. The predicted octanol–water partition coefficient (Wildman–Crippen LogP) is -0.606. The lowest BCUT2D eigenvalue weighted by Crippen LogP contribution is -2.49. The SMILES string of the molecule is O=C(O)C1CCCCCN1C(=O)CN1C(=O)CNC1=O. The van der Waals surface area contributed by atoms with Crippen molar-refractivity contribution in [2.45, 2.75) is 31.7 Å². The summed E-state index contributed by atoms with van der Waals surface area (Å²) in [5.41, 5.74) is 0. The van der Waals surface area contributed by atoms with Crippen LogP contribution in [-0.4, -0.2) is 64.4 Å². The first kappa shape index (κ1) is 14.3. The predicted molar refractivity (Wildman–Crippen MR) is 66.7 cm³/mol. The van der Waals surface area contributed by atoms with E-state index in [1.54, 1.807) is 0 Å². The molecule has 2 N–H and O–H groups in total. The van der Waals surface area contributed by atoms with Crippen LogP contribution >= 0.6 is 0 Å². The van der Waals surface area contributed by atoms with E-state index in [2.05, 4.69) is 5.32 Å². The van der Waals surface area contributed by atoms with Crippen LogP contribution in [0.15, 0.2) is 0 Å². The van der Waals surface area contributed by atoms with Gasteiger partial charge in [-0.3, -0.25) is 14.5 Å². The second-order valence-corrected chi connectivity index (χ2v) is 4.93. The Bertz CT molecular complexity index is 434. The Kier molecular flexibility index (Phi) is 4.21. The van der Waals surface area contributed by atoms with Crippen molar-refractivity contribution in [1.82, 2.24) is 15.1 Å². The minimum atomic E-state index is -1.04. The van der Waals surface area contributed by atoms with E-state index in [4.69, 9.17) is 0 Å². The van der Waals surface area contributed by atoms with Gasteiger partial charge in [-0.1, -0.05) is 12.8 Å². The van der Waals surface area contributed by atoms with Crippen molar-refractivity contribution in [3.8, 4) is 0 Å². The van der Waals surface area contributed by atoms with E-state index in [-0.39, 0.29) is 6.54 Å². The number of carboxylic acids is 1. The first-order valence-corrected chi connectivity index (χ1v) is 6.61. The molecule has 8 nitrogen and oxygen atoms in total. The van der Waals surface area contributed by atoms with Crippen molar-refractivity contribution in [2.24, 2.45) is 0 Å². The number of hydrogen-bond donors (Lipinski definition) is 2. The van der Waals surface area contributed by atoms with Crippen LogP contribution in [0.4, 0.5) is 4.79 Å². The third-order valence-electron chi connectivity index (χ3n) is 3.59. The number of nitrogens with zero attached hydrogens (tertiary/aromatic N) is 2. The van der Waals surface area contributed by atoms with Crippen LogP contribution in [0, 0.1) is 0 Å². The lowest BCUT2D eigenvalue weighted by atomic mass is 10.1. The number of hydrogen-bond acceptors (Lipinski definition) is 4. The fourth-order valence-corrected chi connectivity index (χ4v) is 2.50. The Morgan fingerprint density at radius 1 is 1.25 bits per heavy atom. The minimum absolute atomic E-state index is 0.117. The average Bonchev–Trinajstić information content (AvgIpc) is 2.64. The molecule has 1 unspecified atom stereocenters. The van der Waals surface area contributed by atoms with E-state index < -0.39 is 36.4 Å². The van der Waals surface area contributed by atoms with E-state index in [0.717, 1.165) is 24.2 Å². The number of carbonyl (C=O) groups excluding carboxylic acids is 3. The van der Waals surface area contributed by atoms with E-state index in [0.29, 0.717) is 13.0 Å². The number of likely N-dealkylation sites (tertiary alicyclic amines) is 1. The Balaban J connectivity index is 2.07. The number of aliphatic carboxylic acids is 1. The van der Waals surface area contributed by atoms with Crippen molar-refractivity contribution < 1.29 is 24.3 Å². The molecule has 2 aliphatic heterocycles. The topological polar surface area (TPSA) is 107 Å². The van der Waals surface area contributed by atoms with Gasteiger partial charge in [0, 0.05) is 6.54 Å². The monoisotopic (exact) mass is 283 g/mol. The number of nitrogens with one attached hydrogen (secondary N) is 1. The maximum Gasteiger partial charge on any atom is 0.326 e. The lowest BCUT2D eigenvalue weighted by molar-refractivity contribution is -0.150. The Hall–Kier alpha value is -2.12. The van der Waals surface area contributed by atoms with E-state index in [9.17, 15) is 24.3 Å². The minimum Gasteiger partial charge on any atom is -0.480 e. The molecule has 20 heavy (non-hydrogen) atoms. The molecular formula is C12H17N3O5. The Morgan fingerprint density at radius 2 is 2.00 bits per heavy atom. The number of urea groups is 1. The zero-order chi connectivity index (χ0) is 14.7. The van der Waals surface area contributed by atoms with Gasteiger partial charge in [-0.15, -0.1) is 0 Å². The van der Waals surface area contributed by atoms with Crippen LogP contribution in [-0.2, 0) is 14.4 Å². The van der Waals surface area contributed by atoms with Crippen LogP contribution in [0.1, 0.15) is 25.7 Å². The summed E-state index contributed by atoms with van der Waals surface area (Å²) in [6, 6.07) is -1.48. The summed E-state index contributed by atoms with van der Waals surface area (Å²) in [5, 5.41) is 11.5. The molecule has 0 aromatic heterocycles. The lowest BCUT2D eigenvalue weighted by Gasteiger charge is -2.28. The Labute approximate surface area is 115 Å². The molecule has 0 bridgehead atoms. The first-order chi connectivity index (χ1) is 9.50. The van der Waals surface area contributed by atoms with Gasteiger partial charge >= 0.3 is 12.0 Å². The number of carboxylic acid groups (broad SMARTS) is 1. The molecule has 0 aromatic carbocycles. The second kappa shape index (κ2) is 5.89. The number of imide groups is 1. The highest BCUT2D eigenvalue weighted by molar-refractivity contribution is 6.04. The van der Waals surface area contributed by atoms with Gasteiger partial charge in [0.2, 0.25) is 5.91 Å². The summed E-state index contributed by atoms with van der Waals surface area (Å²) in [6.07, 6.45) is 2.76. The smallest absolute Gasteiger partial charge is 0.326 e. The molecular weight excluding hydrogens is 266 g/mol. The third-order valence-corrected chi connectivity index (χ3v) is 3.59. The highest BCUT2D eigenvalue weighted by atomic mass is 16.4. The molecule has 110 valence electrons. The number of rotatable bonds is 3. The average molecular weight is 283 g/mol. The molecule has 0 radical (unpaired) electrons. The molecule has 0 spiro atoms. The zero-order valence-electron chi connectivity index (χ0n) is 11.0. The molecule has 0 saturated carbocycles. The maximum atomic E-state index is 12.2. The number of carbonyl (C=O) groups is 4. The van der Waals surface area contributed by atoms with Crippen LogP contribution < -0.4 is 5.32 Å². The van der Waals surface area contributed by atoms with Gasteiger partial charge in [0.05, 0.1) is 6.54 Å². The van der Waals surface area contributed by atoms with E-state index in [1.807, 2.05) is 0 Å². The molecule has 2 fully saturated rings. The summed E-state index contributed by atoms with van der Waals surface area (Å²) in [4.78, 5) is 48.4. The molecule has 2 rings (SSSR count). The zero-order valence-corrected chi connectivity index (χ0v) is 11.0. The van der Waals surface area contributed by atoms with Crippen LogP contribution in [0.25, 0.3) is 0 Å². The first-order valence-electron chi connectivity index (χ1n) is 6.61. The van der Waals surface area contributed by atoms with Crippen molar-refractivity contribution in [2.75, 3.05) is 19.6 Å². The molecule has 2 heterocycles. The summed E-state index contributed by atoms with van der Waals surface area (Å²) in [5.74, 6) is -2.01. The van der Waals surface area contributed by atoms with Crippen LogP contribution in [0.2, 0.25) is 0 Å².